The highest BCUT2D eigenvalue weighted by Crippen LogP contribution is 2.24. The third kappa shape index (κ3) is 4.12. The predicted molar refractivity (Wildman–Crippen MR) is 108 cm³/mol. The van der Waals surface area contributed by atoms with Crippen LogP contribution in [0.2, 0.25) is 0 Å². The monoisotopic (exact) mass is 394 g/mol. The molecule has 8 heteroatoms. The van der Waals surface area contributed by atoms with Crippen molar-refractivity contribution in [2.75, 3.05) is 18.4 Å². The van der Waals surface area contributed by atoms with Gasteiger partial charge in [0.25, 0.3) is 5.91 Å². The number of nitrogens with one attached hydrogen (secondary N) is 3. The summed E-state index contributed by atoms with van der Waals surface area (Å²) in [6, 6.07) is 8.74. The largest absolute Gasteiger partial charge is 0.427 e. The molecule has 2 aliphatic rings. The molecule has 1 fully saturated rings. The molecule has 3 N–H and O–H groups in total. The maximum atomic E-state index is 12.7. The predicted octanol–water partition coefficient (Wildman–Crippen LogP) is 1.89. The Morgan fingerprint density at radius 3 is 2.66 bits per heavy atom. The van der Waals surface area contributed by atoms with Gasteiger partial charge in [0.2, 0.25) is 5.91 Å². The summed E-state index contributed by atoms with van der Waals surface area (Å²) in [7, 11) is 0. The lowest BCUT2D eigenvalue weighted by Crippen LogP contribution is -2.30. The fraction of sp³-hybridized carbons (Fsp3) is 0.333. The van der Waals surface area contributed by atoms with Gasteiger partial charge in [0.15, 0.2) is 0 Å². The number of anilines is 1. The van der Waals surface area contributed by atoms with E-state index in [1.165, 1.54) is 0 Å². The summed E-state index contributed by atoms with van der Waals surface area (Å²) in [5.74, 6) is 0.125. The van der Waals surface area contributed by atoms with Crippen LogP contribution in [0.4, 0.5) is 5.69 Å². The normalized spacial score (nSPS) is 18.9. The van der Waals surface area contributed by atoms with Gasteiger partial charge in [-0.25, -0.2) is 10.2 Å². The Kier molecular flexibility index (Phi) is 5.26. The number of carbonyl (C=O) groups is 2. The third-order valence-electron chi connectivity index (χ3n) is 5.21. The SMILES string of the molecule is Cc1cc(C2CCCNC2)oc(=O)c1C(=O)Nc1ccc(C2=NNC(=O)C2)cc1. The van der Waals surface area contributed by atoms with Crippen molar-refractivity contribution in [3.05, 3.63) is 63.2 Å². The van der Waals surface area contributed by atoms with Gasteiger partial charge in [0, 0.05) is 18.2 Å². The molecule has 150 valence electrons. The molecule has 8 nitrogen and oxygen atoms in total. The quantitative estimate of drug-likeness (QED) is 0.733. The van der Waals surface area contributed by atoms with E-state index in [1.807, 2.05) is 0 Å². The van der Waals surface area contributed by atoms with Crippen molar-refractivity contribution in [1.82, 2.24) is 10.7 Å². The van der Waals surface area contributed by atoms with Crippen LogP contribution < -0.4 is 21.7 Å². The molecular formula is C21H22N4O4. The molecule has 0 radical (unpaired) electrons. The van der Waals surface area contributed by atoms with Gasteiger partial charge in [0.1, 0.15) is 11.3 Å². The summed E-state index contributed by atoms with van der Waals surface area (Å²) in [5.41, 5.74) is 4.38. The molecular weight excluding hydrogens is 372 g/mol. The van der Waals surface area contributed by atoms with Crippen LogP contribution in [-0.4, -0.2) is 30.6 Å². The number of hydrogen-bond acceptors (Lipinski definition) is 6. The first-order chi connectivity index (χ1) is 14.0. The van der Waals surface area contributed by atoms with Crippen LogP contribution in [0.1, 0.15) is 52.4 Å². The second-order valence-corrected chi connectivity index (χ2v) is 7.34. The number of hydrogen-bond donors (Lipinski definition) is 3. The zero-order chi connectivity index (χ0) is 20.4. The lowest BCUT2D eigenvalue weighted by Gasteiger charge is -2.22. The minimum Gasteiger partial charge on any atom is -0.427 e. The third-order valence-corrected chi connectivity index (χ3v) is 5.21. The Bertz CT molecular complexity index is 1030. The Balaban J connectivity index is 1.49. The van der Waals surface area contributed by atoms with Crippen molar-refractivity contribution in [1.29, 1.82) is 0 Å². The van der Waals surface area contributed by atoms with Crippen molar-refractivity contribution in [3.63, 3.8) is 0 Å². The average molecular weight is 394 g/mol. The van der Waals surface area contributed by atoms with Crippen LogP contribution in [0, 0.1) is 6.92 Å². The number of carbonyl (C=O) groups excluding carboxylic acids is 2. The fourth-order valence-electron chi connectivity index (χ4n) is 3.67. The summed E-state index contributed by atoms with van der Waals surface area (Å²) in [6.07, 6.45) is 2.22. The molecule has 0 spiro atoms. The number of benzene rings is 1. The van der Waals surface area contributed by atoms with E-state index in [0.29, 0.717) is 22.7 Å². The molecule has 29 heavy (non-hydrogen) atoms. The number of aryl methyl sites for hydroxylation is 1. The maximum Gasteiger partial charge on any atom is 0.349 e. The van der Waals surface area contributed by atoms with Crippen molar-refractivity contribution in [3.8, 4) is 0 Å². The molecule has 0 bridgehead atoms. The maximum absolute atomic E-state index is 12.7. The molecule has 1 aromatic carbocycles. The van der Waals surface area contributed by atoms with E-state index >= 15 is 0 Å². The van der Waals surface area contributed by atoms with Crippen LogP contribution >= 0.6 is 0 Å². The van der Waals surface area contributed by atoms with Crippen molar-refractivity contribution in [2.24, 2.45) is 5.10 Å². The van der Waals surface area contributed by atoms with Crippen LogP contribution in [0.3, 0.4) is 0 Å². The van der Waals surface area contributed by atoms with Gasteiger partial charge < -0.3 is 15.1 Å². The van der Waals surface area contributed by atoms with Gasteiger partial charge in [-0.2, -0.15) is 5.10 Å². The Hall–Kier alpha value is -3.26. The molecule has 2 aliphatic heterocycles. The molecule has 2 aromatic rings. The molecule has 1 unspecified atom stereocenters. The van der Waals surface area contributed by atoms with Crippen molar-refractivity contribution in [2.45, 2.75) is 32.1 Å². The Labute approximate surface area is 167 Å². The van der Waals surface area contributed by atoms with Crippen LogP contribution in [0.5, 0.6) is 0 Å². The summed E-state index contributed by atoms with van der Waals surface area (Å²) in [5, 5.41) is 10.00. The Morgan fingerprint density at radius 1 is 1.24 bits per heavy atom. The number of piperidine rings is 1. The van der Waals surface area contributed by atoms with E-state index < -0.39 is 11.5 Å². The van der Waals surface area contributed by atoms with Gasteiger partial charge in [-0.15, -0.1) is 0 Å². The average Bonchev–Trinajstić information content (AvgIpc) is 3.15. The summed E-state index contributed by atoms with van der Waals surface area (Å²) < 4.78 is 5.47. The van der Waals surface area contributed by atoms with E-state index in [2.05, 4.69) is 21.2 Å². The number of nitrogens with zero attached hydrogens (tertiary/aromatic N) is 1. The molecule has 2 amide bonds. The molecule has 4 rings (SSSR count). The number of amides is 2. The van der Waals surface area contributed by atoms with E-state index in [0.717, 1.165) is 31.5 Å². The topological polar surface area (TPSA) is 113 Å². The lowest BCUT2D eigenvalue weighted by atomic mass is 9.95. The summed E-state index contributed by atoms with van der Waals surface area (Å²) >= 11 is 0. The van der Waals surface area contributed by atoms with Crippen molar-refractivity contribution < 1.29 is 14.0 Å². The van der Waals surface area contributed by atoms with Gasteiger partial charge in [0.05, 0.1) is 12.1 Å². The van der Waals surface area contributed by atoms with Crippen LogP contribution in [0.15, 0.2) is 44.6 Å². The standard InChI is InChI=1S/C21H22N4O4/c1-12-9-17(14-3-2-8-22-11-14)29-21(28)19(12)20(27)23-15-6-4-13(5-7-15)16-10-18(26)25-24-16/h4-7,9,14,22H,2-3,8,10-11H2,1H3,(H,23,27)(H,25,26). The lowest BCUT2D eigenvalue weighted by molar-refractivity contribution is -0.119. The second-order valence-electron chi connectivity index (χ2n) is 7.34. The van der Waals surface area contributed by atoms with E-state index in [9.17, 15) is 14.4 Å². The summed E-state index contributed by atoms with van der Waals surface area (Å²) in [4.78, 5) is 36.4. The fourth-order valence-corrected chi connectivity index (χ4v) is 3.67. The van der Waals surface area contributed by atoms with E-state index in [1.54, 1.807) is 37.3 Å². The highest BCUT2D eigenvalue weighted by molar-refractivity contribution is 6.14. The highest BCUT2D eigenvalue weighted by atomic mass is 16.4. The highest BCUT2D eigenvalue weighted by Gasteiger charge is 2.23. The molecule has 0 saturated carbocycles. The minimum absolute atomic E-state index is 0.0107. The van der Waals surface area contributed by atoms with Gasteiger partial charge in [-0.1, -0.05) is 12.1 Å². The zero-order valence-electron chi connectivity index (χ0n) is 16.1. The first kappa shape index (κ1) is 19.1. The first-order valence-electron chi connectivity index (χ1n) is 9.64. The van der Waals surface area contributed by atoms with Gasteiger partial charge >= 0.3 is 5.63 Å². The smallest absolute Gasteiger partial charge is 0.349 e. The number of hydrazone groups is 1. The van der Waals surface area contributed by atoms with Gasteiger partial charge in [-0.3, -0.25) is 9.59 Å². The van der Waals surface area contributed by atoms with Gasteiger partial charge in [-0.05, 0) is 55.6 Å². The summed E-state index contributed by atoms with van der Waals surface area (Å²) in [6.45, 7) is 3.49. The molecule has 0 aliphatic carbocycles. The van der Waals surface area contributed by atoms with Crippen LogP contribution in [0.25, 0.3) is 0 Å². The molecule has 1 saturated heterocycles. The van der Waals surface area contributed by atoms with E-state index in [-0.39, 0.29) is 23.8 Å². The Morgan fingerprint density at radius 2 is 2.03 bits per heavy atom. The van der Waals surface area contributed by atoms with Crippen molar-refractivity contribution >= 4 is 23.2 Å². The minimum atomic E-state index is -0.621. The number of rotatable bonds is 4. The molecule has 3 heterocycles. The van der Waals surface area contributed by atoms with Crippen LogP contribution in [-0.2, 0) is 4.79 Å². The molecule has 1 aromatic heterocycles. The van der Waals surface area contributed by atoms with E-state index in [4.69, 9.17) is 4.42 Å². The first-order valence-corrected chi connectivity index (χ1v) is 9.64. The second kappa shape index (κ2) is 8.00. The molecule has 1 atom stereocenters. The zero-order valence-corrected chi connectivity index (χ0v) is 16.1.